The number of ether oxygens (including phenoxy) is 1. The summed E-state index contributed by atoms with van der Waals surface area (Å²) in [5, 5.41) is 0. The molecule has 0 radical (unpaired) electrons. The Balaban J connectivity index is 2.00. The first-order chi connectivity index (χ1) is 9.16. The largest absolute Gasteiger partial charge is 0.489 e. The number of rotatable bonds is 1. The van der Waals surface area contributed by atoms with Gasteiger partial charge >= 0.3 is 0 Å². The molecule has 0 spiro atoms. The van der Waals surface area contributed by atoms with Crippen LogP contribution in [-0.2, 0) is 0 Å². The summed E-state index contributed by atoms with van der Waals surface area (Å²) in [4.78, 5) is 2.30. The number of hydrogen-bond acceptors (Lipinski definition) is 2. The quantitative estimate of drug-likeness (QED) is 0.776. The van der Waals surface area contributed by atoms with Gasteiger partial charge in [0.15, 0.2) is 0 Å². The second kappa shape index (κ2) is 4.89. The van der Waals surface area contributed by atoms with Gasteiger partial charge in [0.05, 0.1) is 11.7 Å². The number of hydrogen-bond donors (Lipinski definition) is 0. The maximum absolute atomic E-state index is 5.93. The molecule has 3 rings (SSSR count). The minimum atomic E-state index is 0.273. The van der Waals surface area contributed by atoms with Crippen LogP contribution in [0.25, 0.3) is 0 Å². The van der Waals surface area contributed by atoms with Gasteiger partial charge in [0.25, 0.3) is 0 Å². The minimum absolute atomic E-state index is 0.273. The highest BCUT2D eigenvalue weighted by Crippen LogP contribution is 2.40. The Kier molecular flexibility index (Phi) is 3.23. The summed E-state index contributed by atoms with van der Waals surface area (Å²) in [7, 11) is 2.13. The fraction of sp³-hybridized carbons (Fsp3) is 0.250. The molecule has 0 saturated heterocycles. The molecule has 1 unspecified atom stereocenters. The Morgan fingerprint density at radius 2 is 2.00 bits per heavy atom. The Labute approximate surface area is 122 Å². The van der Waals surface area contributed by atoms with Gasteiger partial charge in [0.2, 0.25) is 0 Å². The molecule has 2 nitrogen and oxygen atoms in total. The third-order valence-electron chi connectivity index (χ3n) is 3.71. The van der Waals surface area contributed by atoms with E-state index in [0.717, 1.165) is 15.9 Å². The Bertz CT molecular complexity index is 611. The van der Waals surface area contributed by atoms with Crippen LogP contribution in [-0.4, -0.2) is 13.7 Å². The van der Waals surface area contributed by atoms with Crippen molar-refractivity contribution in [1.82, 2.24) is 0 Å². The molecule has 0 fully saturated rings. The van der Waals surface area contributed by atoms with E-state index in [1.807, 2.05) is 6.07 Å². The van der Waals surface area contributed by atoms with Crippen molar-refractivity contribution in [3.63, 3.8) is 0 Å². The zero-order chi connectivity index (χ0) is 13.4. The highest BCUT2D eigenvalue weighted by Gasteiger charge is 2.26. The SMILES string of the molecule is Cc1ccccc1C1COc2cc(Br)ccc2N1C. The van der Waals surface area contributed by atoms with Gasteiger partial charge in [-0.15, -0.1) is 0 Å². The lowest BCUT2D eigenvalue weighted by molar-refractivity contribution is 0.268. The topological polar surface area (TPSA) is 12.5 Å². The summed E-state index contributed by atoms with van der Waals surface area (Å²) in [6, 6.07) is 15.0. The molecule has 1 aliphatic rings. The van der Waals surface area contributed by atoms with Gasteiger partial charge in [-0.3, -0.25) is 0 Å². The molecule has 1 heterocycles. The van der Waals surface area contributed by atoms with Crippen LogP contribution < -0.4 is 9.64 Å². The van der Waals surface area contributed by atoms with E-state index < -0.39 is 0 Å². The number of nitrogens with zero attached hydrogens (tertiary/aromatic N) is 1. The standard InChI is InChI=1S/C16H16BrNO/c1-11-5-3-4-6-13(11)15-10-19-16-9-12(17)7-8-14(16)18(15)2/h3-9,15H,10H2,1-2H3. The average Bonchev–Trinajstić information content (AvgIpc) is 2.40. The maximum atomic E-state index is 5.93. The van der Waals surface area contributed by atoms with Crippen molar-refractivity contribution in [2.24, 2.45) is 0 Å². The van der Waals surface area contributed by atoms with E-state index in [0.29, 0.717) is 6.61 Å². The van der Waals surface area contributed by atoms with Crippen molar-refractivity contribution >= 4 is 21.6 Å². The molecule has 2 aromatic rings. The van der Waals surface area contributed by atoms with Gasteiger partial charge in [-0.2, -0.15) is 0 Å². The molecule has 1 atom stereocenters. The molecule has 0 N–H and O–H groups in total. The number of fused-ring (bicyclic) bond motifs is 1. The molecule has 0 saturated carbocycles. The lowest BCUT2D eigenvalue weighted by atomic mass is 9.99. The average molecular weight is 318 g/mol. The second-order valence-corrected chi connectivity index (χ2v) is 5.82. The van der Waals surface area contributed by atoms with Crippen LogP contribution in [0.15, 0.2) is 46.9 Å². The monoisotopic (exact) mass is 317 g/mol. The first-order valence-corrected chi connectivity index (χ1v) is 7.17. The normalized spacial score (nSPS) is 17.8. The Morgan fingerprint density at radius 3 is 2.79 bits per heavy atom. The lowest BCUT2D eigenvalue weighted by Crippen LogP contribution is -2.33. The first-order valence-electron chi connectivity index (χ1n) is 6.37. The van der Waals surface area contributed by atoms with E-state index in [1.54, 1.807) is 0 Å². The van der Waals surface area contributed by atoms with Gasteiger partial charge < -0.3 is 9.64 Å². The van der Waals surface area contributed by atoms with Crippen LogP contribution in [0, 0.1) is 6.92 Å². The summed E-state index contributed by atoms with van der Waals surface area (Å²) in [6.45, 7) is 2.84. The molecular formula is C16H16BrNO. The predicted octanol–water partition coefficient (Wildman–Crippen LogP) is 4.33. The van der Waals surface area contributed by atoms with Gasteiger partial charge in [-0.05, 0) is 36.2 Å². The van der Waals surface area contributed by atoms with E-state index in [-0.39, 0.29) is 6.04 Å². The highest BCUT2D eigenvalue weighted by molar-refractivity contribution is 9.10. The zero-order valence-corrected chi connectivity index (χ0v) is 12.6. The molecule has 0 bridgehead atoms. The fourth-order valence-electron chi connectivity index (χ4n) is 2.60. The van der Waals surface area contributed by atoms with Crippen molar-refractivity contribution < 1.29 is 4.74 Å². The number of anilines is 1. The summed E-state index contributed by atoms with van der Waals surface area (Å²) in [6.07, 6.45) is 0. The minimum Gasteiger partial charge on any atom is -0.489 e. The predicted molar refractivity (Wildman–Crippen MR) is 82.0 cm³/mol. The molecule has 0 aliphatic carbocycles. The van der Waals surface area contributed by atoms with E-state index >= 15 is 0 Å². The van der Waals surface area contributed by atoms with Crippen LogP contribution in [0.3, 0.4) is 0 Å². The van der Waals surface area contributed by atoms with E-state index in [2.05, 4.69) is 71.2 Å². The third kappa shape index (κ3) is 2.23. The first kappa shape index (κ1) is 12.5. The van der Waals surface area contributed by atoms with Crippen LogP contribution in [0.5, 0.6) is 5.75 Å². The van der Waals surface area contributed by atoms with Crippen LogP contribution in [0.4, 0.5) is 5.69 Å². The molecule has 1 aliphatic heterocycles. The van der Waals surface area contributed by atoms with Crippen molar-refractivity contribution in [1.29, 1.82) is 0 Å². The lowest BCUT2D eigenvalue weighted by Gasteiger charge is -2.36. The van der Waals surface area contributed by atoms with Crippen LogP contribution in [0.2, 0.25) is 0 Å². The third-order valence-corrected chi connectivity index (χ3v) is 4.21. The van der Waals surface area contributed by atoms with E-state index in [1.165, 1.54) is 11.1 Å². The van der Waals surface area contributed by atoms with E-state index in [4.69, 9.17) is 4.74 Å². The van der Waals surface area contributed by atoms with Crippen molar-refractivity contribution in [3.8, 4) is 5.75 Å². The molecule has 19 heavy (non-hydrogen) atoms. The van der Waals surface area contributed by atoms with Gasteiger partial charge in [0.1, 0.15) is 12.4 Å². The van der Waals surface area contributed by atoms with Crippen molar-refractivity contribution in [3.05, 3.63) is 58.1 Å². The number of aryl methyl sites for hydroxylation is 1. The molecule has 2 aromatic carbocycles. The summed E-state index contributed by atoms with van der Waals surface area (Å²) in [5.41, 5.74) is 3.78. The fourth-order valence-corrected chi connectivity index (χ4v) is 2.94. The van der Waals surface area contributed by atoms with E-state index in [9.17, 15) is 0 Å². The van der Waals surface area contributed by atoms with Gasteiger partial charge in [-0.25, -0.2) is 0 Å². The molecule has 3 heteroatoms. The smallest absolute Gasteiger partial charge is 0.143 e. The van der Waals surface area contributed by atoms with Gasteiger partial charge in [-0.1, -0.05) is 40.2 Å². The number of halogens is 1. The van der Waals surface area contributed by atoms with Crippen molar-refractivity contribution in [2.45, 2.75) is 13.0 Å². The summed E-state index contributed by atoms with van der Waals surface area (Å²) < 4.78 is 6.98. The molecule has 98 valence electrons. The maximum Gasteiger partial charge on any atom is 0.143 e. The molecular weight excluding hydrogens is 302 g/mol. The summed E-state index contributed by atoms with van der Waals surface area (Å²) >= 11 is 3.48. The highest BCUT2D eigenvalue weighted by atomic mass is 79.9. The Morgan fingerprint density at radius 1 is 1.21 bits per heavy atom. The van der Waals surface area contributed by atoms with Crippen molar-refractivity contribution in [2.75, 3.05) is 18.6 Å². The molecule has 0 aromatic heterocycles. The van der Waals surface area contributed by atoms with Crippen LogP contribution >= 0.6 is 15.9 Å². The van der Waals surface area contributed by atoms with Gasteiger partial charge in [0, 0.05) is 11.5 Å². The second-order valence-electron chi connectivity index (χ2n) is 4.91. The summed E-state index contributed by atoms with van der Waals surface area (Å²) in [5.74, 6) is 0.946. The zero-order valence-electron chi connectivity index (χ0n) is 11.1. The number of benzene rings is 2. The Hall–Kier alpha value is -1.48. The molecule has 0 amide bonds. The number of likely N-dealkylation sites (N-methyl/N-ethyl adjacent to an activating group) is 1. The van der Waals surface area contributed by atoms with Crippen LogP contribution in [0.1, 0.15) is 17.2 Å².